The number of carbonyl (C=O) groups is 1. The average molecular weight is 245 g/mol. The minimum atomic E-state index is -0.0695. The van der Waals surface area contributed by atoms with Crippen LogP contribution in [-0.2, 0) is 0 Å². The molecule has 1 aromatic carbocycles. The molecular formula is C14H19N3O. The van der Waals surface area contributed by atoms with Crippen LogP contribution in [0, 0.1) is 13.8 Å². The Balaban J connectivity index is 2.38. The Labute approximate surface area is 107 Å². The number of nitrogens with one attached hydrogen (secondary N) is 2. The van der Waals surface area contributed by atoms with Crippen LogP contribution in [0.2, 0.25) is 0 Å². The van der Waals surface area contributed by atoms with Crippen molar-refractivity contribution in [3.05, 3.63) is 35.0 Å². The second kappa shape index (κ2) is 4.82. The second-order valence-electron chi connectivity index (χ2n) is 4.86. The first-order valence-electron chi connectivity index (χ1n) is 6.11. The van der Waals surface area contributed by atoms with Gasteiger partial charge in [0.1, 0.15) is 0 Å². The second-order valence-corrected chi connectivity index (χ2v) is 4.86. The Hall–Kier alpha value is -1.81. The van der Waals surface area contributed by atoms with Crippen molar-refractivity contribution in [2.75, 3.05) is 6.54 Å². The Bertz CT molecular complexity index is 584. The maximum atomic E-state index is 12.1. The van der Waals surface area contributed by atoms with Gasteiger partial charge in [0.05, 0.1) is 5.56 Å². The van der Waals surface area contributed by atoms with Crippen LogP contribution in [0.15, 0.2) is 18.2 Å². The zero-order chi connectivity index (χ0) is 13.3. The smallest absolute Gasteiger partial charge is 0.253 e. The van der Waals surface area contributed by atoms with Gasteiger partial charge in [-0.15, -0.1) is 0 Å². The van der Waals surface area contributed by atoms with E-state index in [0.29, 0.717) is 12.1 Å². The summed E-state index contributed by atoms with van der Waals surface area (Å²) in [5.41, 5.74) is 9.41. The van der Waals surface area contributed by atoms with Gasteiger partial charge < -0.3 is 16.0 Å². The van der Waals surface area contributed by atoms with E-state index in [1.165, 1.54) is 5.56 Å². The lowest BCUT2D eigenvalue weighted by molar-refractivity contribution is 0.0953. The normalized spacial score (nSPS) is 12.7. The van der Waals surface area contributed by atoms with Crippen molar-refractivity contribution >= 4 is 16.8 Å². The van der Waals surface area contributed by atoms with Crippen LogP contribution in [0.1, 0.15) is 28.5 Å². The van der Waals surface area contributed by atoms with Crippen molar-refractivity contribution in [2.45, 2.75) is 26.8 Å². The highest BCUT2D eigenvalue weighted by atomic mass is 16.1. The number of fused-ring (bicyclic) bond motifs is 1. The van der Waals surface area contributed by atoms with E-state index in [1.54, 1.807) is 0 Å². The third kappa shape index (κ3) is 2.38. The molecule has 18 heavy (non-hydrogen) atoms. The molecule has 0 saturated carbocycles. The van der Waals surface area contributed by atoms with E-state index in [0.717, 1.165) is 16.6 Å². The molecule has 1 amide bonds. The van der Waals surface area contributed by atoms with Gasteiger partial charge in [-0.3, -0.25) is 4.79 Å². The van der Waals surface area contributed by atoms with Gasteiger partial charge in [-0.25, -0.2) is 0 Å². The number of aromatic nitrogens is 1. The fourth-order valence-electron chi connectivity index (χ4n) is 2.08. The van der Waals surface area contributed by atoms with E-state index in [9.17, 15) is 4.79 Å². The lowest BCUT2D eigenvalue weighted by Gasteiger charge is -2.07. The summed E-state index contributed by atoms with van der Waals surface area (Å²) in [6, 6.07) is 6.00. The third-order valence-electron chi connectivity index (χ3n) is 2.95. The minimum absolute atomic E-state index is 0.0401. The summed E-state index contributed by atoms with van der Waals surface area (Å²) in [5, 5.41) is 3.81. The summed E-state index contributed by atoms with van der Waals surface area (Å²) in [6.07, 6.45) is 0. The SMILES string of the molecule is Cc1ccc2c(C(=O)NCC(C)N)c(C)[nH]c2c1. The summed E-state index contributed by atoms with van der Waals surface area (Å²) < 4.78 is 0. The van der Waals surface area contributed by atoms with Gasteiger partial charge in [0.2, 0.25) is 0 Å². The van der Waals surface area contributed by atoms with Crippen molar-refractivity contribution < 1.29 is 4.79 Å². The predicted octanol–water partition coefficient (Wildman–Crippen LogP) is 1.86. The first kappa shape index (κ1) is 12.6. The van der Waals surface area contributed by atoms with Crippen molar-refractivity contribution in [1.29, 1.82) is 0 Å². The number of benzene rings is 1. The molecule has 2 aromatic rings. The number of rotatable bonds is 3. The van der Waals surface area contributed by atoms with Gasteiger partial charge in [0.25, 0.3) is 5.91 Å². The molecule has 0 bridgehead atoms. The van der Waals surface area contributed by atoms with Gasteiger partial charge in [-0.05, 0) is 32.4 Å². The standard InChI is InChI=1S/C14H19N3O/c1-8-4-5-11-12(6-8)17-10(3)13(11)14(18)16-7-9(2)15/h4-6,9,17H,7,15H2,1-3H3,(H,16,18). The maximum absolute atomic E-state index is 12.1. The Morgan fingerprint density at radius 1 is 1.44 bits per heavy atom. The molecule has 0 aliphatic rings. The Kier molecular flexibility index (Phi) is 3.39. The van der Waals surface area contributed by atoms with Crippen LogP contribution in [0.5, 0.6) is 0 Å². The lowest BCUT2D eigenvalue weighted by atomic mass is 10.1. The molecule has 1 aromatic heterocycles. The summed E-state index contributed by atoms with van der Waals surface area (Å²) >= 11 is 0. The fraction of sp³-hybridized carbons (Fsp3) is 0.357. The van der Waals surface area contributed by atoms with Crippen molar-refractivity contribution in [3.63, 3.8) is 0 Å². The molecule has 1 unspecified atom stereocenters. The molecule has 0 aliphatic carbocycles. The topological polar surface area (TPSA) is 70.9 Å². The van der Waals surface area contributed by atoms with E-state index >= 15 is 0 Å². The number of carbonyl (C=O) groups excluding carboxylic acids is 1. The van der Waals surface area contributed by atoms with Crippen molar-refractivity contribution in [2.24, 2.45) is 5.73 Å². The van der Waals surface area contributed by atoms with Crippen LogP contribution in [0.25, 0.3) is 10.9 Å². The van der Waals surface area contributed by atoms with E-state index in [-0.39, 0.29) is 11.9 Å². The molecule has 0 fully saturated rings. The zero-order valence-electron chi connectivity index (χ0n) is 11.0. The van der Waals surface area contributed by atoms with Gasteiger partial charge in [0.15, 0.2) is 0 Å². The number of aryl methyl sites for hydroxylation is 2. The number of hydrogen-bond acceptors (Lipinski definition) is 2. The molecule has 0 radical (unpaired) electrons. The highest BCUT2D eigenvalue weighted by Crippen LogP contribution is 2.22. The molecule has 4 heteroatoms. The fourth-order valence-corrected chi connectivity index (χ4v) is 2.08. The summed E-state index contributed by atoms with van der Waals surface area (Å²) in [7, 11) is 0. The van der Waals surface area contributed by atoms with Crippen LogP contribution in [0.4, 0.5) is 0 Å². The molecule has 1 heterocycles. The molecule has 0 aliphatic heterocycles. The Morgan fingerprint density at radius 2 is 2.17 bits per heavy atom. The summed E-state index contributed by atoms with van der Waals surface area (Å²) in [6.45, 7) is 6.30. The third-order valence-corrected chi connectivity index (χ3v) is 2.95. The summed E-state index contributed by atoms with van der Waals surface area (Å²) in [5.74, 6) is -0.0695. The van der Waals surface area contributed by atoms with Crippen molar-refractivity contribution in [3.8, 4) is 0 Å². The molecule has 2 rings (SSSR count). The minimum Gasteiger partial charge on any atom is -0.358 e. The Morgan fingerprint density at radius 3 is 2.83 bits per heavy atom. The van der Waals surface area contributed by atoms with Crippen molar-refractivity contribution in [1.82, 2.24) is 10.3 Å². The van der Waals surface area contributed by atoms with E-state index in [1.807, 2.05) is 39.0 Å². The molecule has 4 nitrogen and oxygen atoms in total. The van der Waals surface area contributed by atoms with Gasteiger partial charge >= 0.3 is 0 Å². The average Bonchev–Trinajstić information content (AvgIpc) is 2.61. The molecular weight excluding hydrogens is 226 g/mol. The molecule has 0 spiro atoms. The molecule has 0 saturated heterocycles. The monoisotopic (exact) mass is 245 g/mol. The van der Waals surface area contributed by atoms with Crippen LogP contribution in [-0.4, -0.2) is 23.5 Å². The van der Waals surface area contributed by atoms with Crippen LogP contribution < -0.4 is 11.1 Å². The van der Waals surface area contributed by atoms with E-state index in [4.69, 9.17) is 5.73 Å². The number of aromatic amines is 1. The molecule has 1 atom stereocenters. The lowest BCUT2D eigenvalue weighted by Crippen LogP contribution is -2.35. The highest BCUT2D eigenvalue weighted by molar-refractivity contribution is 6.08. The molecule has 4 N–H and O–H groups in total. The van der Waals surface area contributed by atoms with Gasteiger partial charge in [-0.1, -0.05) is 12.1 Å². The number of H-pyrrole nitrogens is 1. The first-order chi connectivity index (χ1) is 8.49. The first-order valence-corrected chi connectivity index (χ1v) is 6.11. The van der Waals surface area contributed by atoms with Gasteiger partial charge in [0, 0.05) is 29.2 Å². The van der Waals surface area contributed by atoms with Crippen LogP contribution >= 0.6 is 0 Å². The number of amides is 1. The number of hydrogen-bond donors (Lipinski definition) is 3. The van der Waals surface area contributed by atoms with Gasteiger partial charge in [-0.2, -0.15) is 0 Å². The maximum Gasteiger partial charge on any atom is 0.253 e. The van der Waals surface area contributed by atoms with Crippen LogP contribution in [0.3, 0.4) is 0 Å². The number of nitrogens with two attached hydrogens (primary N) is 1. The quantitative estimate of drug-likeness (QED) is 0.772. The highest BCUT2D eigenvalue weighted by Gasteiger charge is 2.15. The zero-order valence-corrected chi connectivity index (χ0v) is 11.0. The predicted molar refractivity (Wildman–Crippen MR) is 73.8 cm³/mol. The molecule has 96 valence electrons. The van der Waals surface area contributed by atoms with E-state index in [2.05, 4.69) is 10.3 Å². The summed E-state index contributed by atoms with van der Waals surface area (Å²) in [4.78, 5) is 15.4. The van der Waals surface area contributed by atoms with E-state index < -0.39 is 0 Å². The largest absolute Gasteiger partial charge is 0.358 e.